The van der Waals surface area contributed by atoms with Crippen molar-refractivity contribution in [2.24, 2.45) is 0 Å². The summed E-state index contributed by atoms with van der Waals surface area (Å²) in [6.07, 6.45) is 0.874. The average molecular weight is 294 g/mol. The predicted octanol–water partition coefficient (Wildman–Crippen LogP) is 2.06. The van der Waals surface area contributed by atoms with Gasteiger partial charge in [-0.05, 0) is 18.6 Å². The Morgan fingerprint density at radius 2 is 2.29 bits per heavy atom. The Kier molecular flexibility index (Phi) is 2.63. The van der Waals surface area contributed by atoms with E-state index < -0.39 is 0 Å². The van der Waals surface area contributed by atoms with Gasteiger partial charge in [0.15, 0.2) is 0 Å². The zero-order valence-corrected chi connectivity index (χ0v) is 10.8. The largest absolute Gasteiger partial charge is 0.340 e. The number of nitrogens with zero attached hydrogens (tertiary/aromatic N) is 2. The number of likely N-dealkylation sites (tertiary alicyclic amines) is 1. The molecular formula is C12H12BrN3O. The van der Waals surface area contributed by atoms with E-state index in [9.17, 15) is 4.79 Å². The highest BCUT2D eigenvalue weighted by molar-refractivity contribution is 9.10. The molecule has 4 nitrogen and oxygen atoms in total. The SMILES string of the molecule is O=C1C(Br)CCN1Cc1nc2ccccc2[nH]1. The Hall–Kier alpha value is -1.36. The number of hydrogen-bond acceptors (Lipinski definition) is 2. The Labute approximate surface area is 107 Å². The molecular weight excluding hydrogens is 282 g/mol. The van der Waals surface area contributed by atoms with Crippen LogP contribution < -0.4 is 0 Å². The van der Waals surface area contributed by atoms with Crippen LogP contribution in [0, 0.1) is 0 Å². The normalized spacial score (nSPS) is 20.4. The van der Waals surface area contributed by atoms with Gasteiger partial charge in [-0.1, -0.05) is 28.1 Å². The van der Waals surface area contributed by atoms with Crippen LogP contribution in [-0.4, -0.2) is 32.1 Å². The molecule has 1 aromatic heterocycles. The molecule has 1 atom stereocenters. The molecule has 0 saturated carbocycles. The van der Waals surface area contributed by atoms with Crippen LogP contribution in [0.3, 0.4) is 0 Å². The van der Waals surface area contributed by atoms with Crippen LogP contribution in [-0.2, 0) is 11.3 Å². The molecule has 2 aromatic rings. The third-order valence-electron chi connectivity index (χ3n) is 3.01. The molecule has 0 aliphatic carbocycles. The topological polar surface area (TPSA) is 49.0 Å². The molecule has 1 fully saturated rings. The molecule has 5 heteroatoms. The van der Waals surface area contributed by atoms with Crippen LogP contribution in [0.15, 0.2) is 24.3 Å². The number of halogens is 1. The van der Waals surface area contributed by atoms with Gasteiger partial charge in [-0.15, -0.1) is 0 Å². The maximum Gasteiger partial charge on any atom is 0.236 e. The zero-order chi connectivity index (χ0) is 11.8. The monoisotopic (exact) mass is 293 g/mol. The second kappa shape index (κ2) is 4.14. The minimum absolute atomic E-state index is 0.0214. The Morgan fingerprint density at radius 1 is 1.47 bits per heavy atom. The molecule has 0 radical (unpaired) electrons. The maximum absolute atomic E-state index is 11.8. The molecule has 1 saturated heterocycles. The lowest BCUT2D eigenvalue weighted by molar-refractivity contribution is -0.127. The van der Waals surface area contributed by atoms with E-state index in [0.29, 0.717) is 6.54 Å². The van der Waals surface area contributed by atoms with Crippen molar-refractivity contribution in [1.82, 2.24) is 14.9 Å². The lowest BCUT2D eigenvalue weighted by atomic mass is 10.3. The van der Waals surface area contributed by atoms with E-state index in [4.69, 9.17) is 0 Å². The molecule has 2 heterocycles. The zero-order valence-electron chi connectivity index (χ0n) is 9.19. The van der Waals surface area contributed by atoms with Gasteiger partial charge in [0.2, 0.25) is 5.91 Å². The number of nitrogens with one attached hydrogen (secondary N) is 1. The third-order valence-corrected chi connectivity index (χ3v) is 3.86. The van der Waals surface area contributed by atoms with E-state index in [0.717, 1.165) is 29.8 Å². The third kappa shape index (κ3) is 1.95. The van der Waals surface area contributed by atoms with Crippen LogP contribution in [0.5, 0.6) is 0 Å². The molecule has 88 valence electrons. The highest BCUT2D eigenvalue weighted by Gasteiger charge is 2.29. The number of hydrogen-bond donors (Lipinski definition) is 1. The van der Waals surface area contributed by atoms with Crippen molar-refractivity contribution in [2.75, 3.05) is 6.54 Å². The number of carbonyl (C=O) groups is 1. The molecule has 1 aromatic carbocycles. The molecule has 1 aliphatic rings. The minimum Gasteiger partial charge on any atom is -0.340 e. The second-order valence-electron chi connectivity index (χ2n) is 4.22. The van der Waals surface area contributed by atoms with Gasteiger partial charge in [-0.2, -0.15) is 0 Å². The van der Waals surface area contributed by atoms with Crippen LogP contribution in [0.25, 0.3) is 11.0 Å². The fourth-order valence-corrected chi connectivity index (χ4v) is 2.61. The summed E-state index contributed by atoms with van der Waals surface area (Å²) < 4.78 is 0. The molecule has 0 spiro atoms. The summed E-state index contributed by atoms with van der Waals surface area (Å²) in [7, 11) is 0. The van der Waals surface area contributed by atoms with Crippen molar-refractivity contribution in [1.29, 1.82) is 0 Å². The fraction of sp³-hybridized carbons (Fsp3) is 0.333. The lowest BCUT2D eigenvalue weighted by Crippen LogP contribution is -2.27. The van der Waals surface area contributed by atoms with E-state index in [1.165, 1.54) is 0 Å². The Balaban J connectivity index is 1.83. The number of imidazole rings is 1. The summed E-state index contributed by atoms with van der Waals surface area (Å²) in [5, 5.41) is 0. The first-order valence-corrected chi connectivity index (χ1v) is 6.52. The first-order valence-electron chi connectivity index (χ1n) is 5.60. The van der Waals surface area contributed by atoms with Gasteiger partial charge >= 0.3 is 0 Å². The quantitative estimate of drug-likeness (QED) is 0.862. The molecule has 1 aliphatic heterocycles. The first-order chi connectivity index (χ1) is 8.24. The van der Waals surface area contributed by atoms with Gasteiger partial charge in [-0.3, -0.25) is 4.79 Å². The van der Waals surface area contributed by atoms with Gasteiger partial charge < -0.3 is 9.88 Å². The van der Waals surface area contributed by atoms with Gasteiger partial charge in [0.25, 0.3) is 0 Å². The smallest absolute Gasteiger partial charge is 0.236 e. The molecule has 1 N–H and O–H groups in total. The number of H-pyrrole nitrogens is 1. The van der Waals surface area contributed by atoms with E-state index in [2.05, 4.69) is 25.9 Å². The Morgan fingerprint density at radius 3 is 3.00 bits per heavy atom. The standard InChI is InChI=1S/C12H12BrN3O/c13-8-5-6-16(12(8)17)7-11-14-9-3-1-2-4-10(9)15-11/h1-4,8H,5-7H2,(H,14,15). The fourth-order valence-electron chi connectivity index (χ4n) is 2.12. The van der Waals surface area contributed by atoms with E-state index in [1.54, 1.807) is 0 Å². The minimum atomic E-state index is -0.0214. The van der Waals surface area contributed by atoms with Crippen LogP contribution in [0.2, 0.25) is 0 Å². The lowest BCUT2D eigenvalue weighted by Gasteiger charge is -2.13. The van der Waals surface area contributed by atoms with E-state index in [1.807, 2.05) is 29.2 Å². The summed E-state index contributed by atoms with van der Waals surface area (Å²) >= 11 is 3.37. The van der Waals surface area contributed by atoms with Crippen LogP contribution in [0.4, 0.5) is 0 Å². The maximum atomic E-state index is 11.8. The summed E-state index contributed by atoms with van der Waals surface area (Å²) in [4.78, 5) is 21.3. The van der Waals surface area contributed by atoms with Crippen LogP contribution >= 0.6 is 15.9 Å². The van der Waals surface area contributed by atoms with Crippen molar-refractivity contribution in [3.63, 3.8) is 0 Å². The van der Waals surface area contributed by atoms with E-state index in [-0.39, 0.29) is 10.7 Å². The molecule has 0 bridgehead atoms. The highest BCUT2D eigenvalue weighted by Crippen LogP contribution is 2.20. The molecule has 17 heavy (non-hydrogen) atoms. The van der Waals surface area contributed by atoms with Gasteiger partial charge in [0.1, 0.15) is 5.82 Å². The summed E-state index contributed by atoms with van der Waals surface area (Å²) in [5.41, 5.74) is 1.97. The second-order valence-corrected chi connectivity index (χ2v) is 5.32. The van der Waals surface area contributed by atoms with Gasteiger partial charge in [0, 0.05) is 6.54 Å². The highest BCUT2D eigenvalue weighted by atomic mass is 79.9. The summed E-state index contributed by atoms with van der Waals surface area (Å²) in [6.45, 7) is 1.36. The van der Waals surface area contributed by atoms with Crippen molar-refractivity contribution in [3.8, 4) is 0 Å². The van der Waals surface area contributed by atoms with E-state index >= 15 is 0 Å². The van der Waals surface area contributed by atoms with Crippen LogP contribution in [0.1, 0.15) is 12.2 Å². The number of benzene rings is 1. The summed E-state index contributed by atoms with van der Waals surface area (Å²) in [5.74, 6) is 1.01. The number of para-hydroxylation sites is 2. The average Bonchev–Trinajstić information content (AvgIpc) is 2.87. The predicted molar refractivity (Wildman–Crippen MR) is 68.8 cm³/mol. The number of amides is 1. The number of aromatic nitrogens is 2. The number of carbonyl (C=O) groups excluding carboxylic acids is 1. The van der Waals surface area contributed by atoms with Crippen molar-refractivity contribution >= 4 is 32.9 Å². The first kappa shape index (κ1) is 10.8. The number of aromatic amines is 1. The van der Waals surface area contributed by atoms with Crippen molar-refractivity contribution in [3.05, 3.63) is 30.1 Å². The number of fused-ring (bicyclic) bond motifs is 1. The summed E-state index contributed by atoms with van der Waals surface area (Å²) in [6, 6.07) is 7.89. The number of rotatable bonds is 2. The molecule has 1 amide bonds. The molecule has 1 unspecified atom stereocenters. The van der Waals surface area contributed by atoms with Gasteiger partial charge in [-0.25, -0.2) is 4.98 Å². The Bertz CT molecular complexity index is 533. The van der Waals surface area contributed by atoms with Crippen molar-refractivity contribution in [2.45, 2.75) is 17.8 Å². The number of alkyl halides is 1. The van der Waals surface area contributed by atoms with Gasteiger partial charge in [0.05, 0.1) is 22.4 Å². The molecule has 3 rings (SSSR count). The van der Waals surface area contributed by atoms with Crippen molar-refractivity contribution < 1.29 is 4.79 Å².